The summed E-state index contributed by atoms with van der Waals surface area (Å²) >= 11 is 6.31. The summed E-state index contributed by atoms with van der Waals surface area (Å²) in [6.45, 7) is -0.619. The Hall–Kier alpha value is -4.73. The third kappa shape index (κ3) is 5.22. The average molecular weight is 625 g/mol. The summed E-state index contributed by atoms with van der Waals surface area (Å²) in [5.74, 6) is -0.550. The molecule has 2 aliphatic rings. The number of nitrogens with two attached hydrogens (primary N) is 1. The largest absolute Gasteiger partial charge is 0.454 e. The van der Waals surface area contributed by atoms with Crippen LogP contribution in [-0.2, 0) is 26.2 Å². The van der Waals surface area contributed by atoms with Gasteiger partial charge in [0.25, 0.3) is 11.8 Å². The number of amides is 2. The first-order valence-electron chi connectivity index (χ1n) is 13.0. The summed E-state index contributed by atoms with van der Waals surface area (Å²) in [5, 5.41) is 2.80. The normalized spacial score (nSPS) is 18.4. The van der Waals surface area contributed by atoms with E-state index in [1.165, 1.54) is 29.1 Å². The number of rotatable bonds is 8. The van der Waals surface area contributed by atoms with Crippen molar-refractivity contribution in [2.45, 2.75) is 17.0 Å². The molecular formula is C27H25ClN8O6S. The first-order valence-corrected chi connectivity index (χ1v) is 14.8. The van der Waals surface area contributed by atoms with Gasteiger partial charge in [0.1, 0.15) is 17.3 Å². The number of aromatic nitrogens is 4. The van der Waals surface area contributed by atoms with Crippen molar-refractivity contribution in [2.24, 2.45) is 5.73 Å². The molecule has 222 valence electrons. The van der Waals surface area contributed by atoms with Gasteiger partial charge in [-0.3, -0.25) is 14.2 Å². The Morgan fingerprint density at radius 3 is 2.58 bits per heavy atom. The number of carbonyl (C=O) groups is 2. The quantitative estimate of drug-likeness (QED) is 0.213. The molecule has 0 radical (unpaired) electrons. The average Bonchev–Trinajstić information content (AvgIpc) is 3.72. The van der Waals surface area contributed by atoms with Crippen LogP contribution in [0, 0.1) is 0 Å². The Morgan fingerprint density at radius 1 is 1.05 bits per heavy atom. The highest BCUT2D eigenvalue weighted by atomic mass is 35.5. The molecule has 6 rings (SSSR count). The van der Waals surface area contributed by atoms with Crippen LogP contribution in [0.5, 0.6) is 11.5 Å². The van der Waals surface area contributed by atoms with Gasteiger partial charge in [0.05, 0.1) is 11.4 Å². The molecule has 1 atom stereocenters. The number of carbonyl (C=O) groups excluding carboxylic acids is 2. The fourth-order valence-corrected chi connectivity index (χ4v) is 6.90. The molecule has 2 aromatic heterocycles. The molecule has 3 N–H and O–H groups in total. The summed E-state index contributed by atoms with van der Waals surface area (Å²) in [5.41, 5.74) is 4.22. The van der Waals surface area contributed by atoms with Crippen molar-refractivity contribution in [1.29, 1.82) is 0 Å². The van der Waals surface area contributed by atoms with Crippen molar-refractivity contribution in [3.8, 4) is 17.4 Å². The van der Waals surface area contributed by atoms with Gasteiger partial charge in [-0.15, -0.1) is 0 Å². The first kappa shape index (κ1) is 28.4. The second-order valence-corrected chi connectivity index (χ2v) is 12.0. The second kappa shape index (κ2) is 11.2. The van der Waals surface area contributed by atoms with E-state index in [2.05, 4.69) is 20.3 Å². The van der Waals surface area contributed by atoms with Gasteiger partial charge in [0.15, 0.2) is 11.5 Å². The number of hydrogen-bond acceptors (Lipinski definition) is 10. The molecule has 4 aromatic rings. The summed E-state index contributed by atoms with van der Waals surface area (Å²) in [4.78, 5) is 41.7. The van der Waals surface area contributed by atoms with Crippen molar-refractivity contribution in [3.05, 3.63) is 84.0 Å². The van der Waals surface area contributed by atoms with Gasteiger partial charge < -0.3 is 25.4 Å². The highest BCUT2D eigenvalue weighted by Crippen LogP contribution is 2.34. The van der Waals surface area contributed by atoms with Crippen LogP contribution in [0.1, 0.15) is 5.56 Å². The molecule has 0 bridgehead atoms. The van der Waals surface area contributed by atoms with Gasteiger partial charge in [-0.05, 0) is 29.8 Å². The Labute approximate surface area is 251 Å². The van der Waals surface area contributed by atoms with Crippen molar-refractivity contribution in [1.82, 2.24) is 29.1 Å². The monoisotopic (exact) mass is 624 g/mol. The van der Waals surface area contributed by atoms with E-state index in [9.17, 15) is 18.0 Å². The number of nitrogens with one attached hydrogen (secondary N) is 1. The lowest BCUT2D eigenvalue weighted by Crippen LogP contribution is -2.75. The lowest BCUT2D eigenvalue weighted by Gasteiger charge is -2.46. The molecule has 14 nitrogen and oxygen atoms in total. The van der Waals surface area contributed by atoms with Crippen LogP contribution < -0.4 is 25.4 Å². The van der Waals surface area contributed by atoms with Crippen molar-refractivity contribution in [2.75, 3.05) is 31.3 Å². The van der Waals surface area contributed by atoms with Crippen LogP contribution >= 0.6 is 11.6 Å². The number of nitrogens with zero attached hydrogens (tertiary/aromatic N) is 6. The molecule has 1 unspecified atom stereocenters. The number of ether oxygens (including phenoxy) is 2. The molecule has 16 heteroatoms. The van der Waals surface area contributed by atoms with E-state index in [0.717, 1.165) is 4.31 Å². The Kier molecular flexibility index (Phi) is 7.37. The van der Waals surface area contributed by atoms with Crippen LogP contribution in [0.15, 0.2) is 78.2 Å². The predicted octanol–water partition coefficient (Wildman–Crippen LogP) is 1.10. The fourth-order valence-electron chi connectivity index (χ4n) is 5.00. The molecular weight excluding hydrogens is 600 g/mol. The number of hydrogen-bond donors (Lipinski definition) is 2. The Morgan fingerprint density at radius 2 is 1.84 bits per heavy atom. The molecule has 4 heterocycles. The highest BCUT2D eigenvalue weighted by Gasteiger charge is 2.58. The van der Waals surface area contributed by atoms with E-state index in [0.29, 0.717) is 17.1 Å². The number of primary amides is 1. The van der Waals surface area contributed by atoms with Crippen LogP contribution in [0.4, 0.5) is 5.82 Å². The van der Waals surface area contributed by atoms with Gasteiger partial charge in [-0.2, -0.15) is 9.29 Å². The predicted molar refractivity (Wildman–Crippen MR) is 153 cm³/mol. The van der Waals surface area contributed by atoms with Gasteiger partial charge in [0.2, 0.25) is 28.3 Å². The number of imidazole rings is 1. The number of sulfonamides is 1. The van der Waals surface area contributed by atoms with Gasteiger partial charge in [0, 0.05) is 38.1 Å². The van der Waals surface area contributed by atoms with Crippen molar-refractivity contribution >= 4 is 39.3 Å². The lowest BCUT2D eigenvalue weighted by atomic mass is 9.93. The zero-order valence-corrected chi connectivity index (χ0v) is 24.0. The first-order chi connectivity index (χ1) is 20.7. The minimum absolute atomic E-state index is 0.0478. The summed E-state index contributed by atoms with van der Waals surface area (Å²) in [6, 6.07) is 14.1. The topological polar surface area (TPSA) is 175 Å². The number of benzene rings is 2. The van der Waals surface area contributed by atoms with Crippen LogP contribution in [0.25, 0.3) is 5.95 Å². The van der Waals surface area contributed by atoms with E-state index >= 15 is 0 Å². The van der Waals surface area contributed by atoms with Crippen LogP contribution in [0.3, 0.4) is 0 Å². The molecule has 0 saturated carbocycles. The molecule has 1 saturated heterocycles. The molecule has 2 aromatic carbocycles. The van der Waals surface area contributed by atoms with Crippen molar-refractivity contribution < 1.29 is 27.5 Å². The molecule has 2 aliphatic heterocycles. The van der Waals surface area contributed by atoms with Gasteiger partial charge in [-0.25, -0.2) is 18.4 Å². The smallest absolute Gasteiger partial charge is 0.253 e. The lowest BCUT2D eigenvalue weighted by molar-refractivity contribution is -0.141. The van der Waals surface area contributed by atoms with Gasteiger partial charge in [-0.1, -0.05) is 35.9 Å². The molecule has 1 fully saturated rings. The minimum Gasteiger partial charge on any atom is -0.454 e. The van der Waals surface area contributed by atoms with E-state index in [-0.39, 0.29) is 48.2 Å². The summed E-state index contributed by atoms with van der Waals surface area (Å²) in [7, 11) is -4.37. The highest BCUT2D eigenvalue weighted by molar-refractivity contribution is 7.89. The van der Waals surface area contributed by atoms with E-state index in [1.807, 2.05) is 0 Å². The maximum absolute atomic E-state index is 14.1. The third-order valence-electron chi connectivity index (χ3n) is 7.15. The maximum atomic E-state index is 14.1. The van der Waals surface area contributed by atoms with E-state index < -0.39 is 33.9 Å². The standard InChI is InChI=1S/C27H25ClN8O6S/c28-22-13-23(33-26(32-22)35-9-8-30-16-35)34-10-11-36(43(39,40)19-4-2-1-3-5-19)27(15-34,24(29)37)25(38)31-14-18-6-7-20-21(12-18)42-17-41-20/h1-9,12-13,16H,10-11,14-15,17H2,(H2,29,37)(H,31,38). The summed E-state index contributed by atoms with van der Waals surface area (Å²) < 4.78 is 41.0. The fraction of sp³-hybridized carbons (Fsp3) is 0.222. The van der Waals surface area contributed by atoms with Crippen LogP contribution in [-0.4, -0.2) is 76.0 Å². The maximum Gasteiger partial charge on any atom is 0.253 e. The van der Waals surface area contributed by atoms with Gasteiger partial charge >= 0.3 is 0 Å². The summed E-state index contributed by atoms with van der Waals surface area (Å²) in [6.07, 6.45) is 4.65. The Bertz CT molecular complexity index is 1790. The van der Waals surface area contributed by atoms with Crippen molar-refractivity contribution in [3.63, 3.8) is 0 Å². The third-order valence-corrected chi connectivity index (χ3v) is 9.29. The molecule has 2 amide bonds. The number of halogens is 1. The van der Waals surface area contributed by atoms with E-state index in [4.69, 9.17) is 26.8 Å². The zero-order chi connectivity index (χ0) is 30.2. The SMILES string of the molecule is NC(=O)C1(C(=O)NCc2ccc3c(c2)OCO3)CN(c2cc(Cl)nc(-n3ccnc3)n2)CCN1S(=O)(=O)c1ccccc1. The molecule has 0 aliphatic carbocycles. The number of anilines is 1. The minimum atomic E-state index is -4.37. The number of fused-ring (bicyclic) bond motifs is 1. The molecule has 43 heavy (non-hydrogen) atoms. The van der Waals surface area contributed by atoms with E-state index in [1.54, 1.807) is 53.7 Å². The Balaban J connectivity index is 1.38. The van der Waals surface area contributed by atoms with Crippen LogP contribution in [0.2, 0.25) is 5.15 Å². The number of piperazine rings is 1. The second-order valence-electron chi connectivity index (χ2n) is 9.73. The zero-order valence-electron chi connectivity index (χ0n) is 22.5. The molecule has 0 spiro atoms.